The molecule has 3 nitrogen and oxygen atoms in total. The van der Waals surface area contributed by atoms with Crippen molar-refractivity contribution in [2.45, 2.75) is 26.7 Å². The van der Waals surface area contributed by atoms with Gasteiger partial charge in [-0.25, -0.2) is 0 Å². The molecule has 0 unspecified atom stereocenters. The van der Waals surface area contributed by atoms with Gasteiger partial charge < -0.3 is 15.0 Å². The van der Waals surface area contributed by atoms with Crippen LogP contribution in [0.25, 0.3) is 0 Å². The van der Waals surface area contributed by atoms with Gasteiger partial charge in [0, 0.05) is 31.3 Å². The molecular formula is C17H28N2O. The smallest absolute Gasteiger partial charge is 0.0536 e. The normalized spacial score (nSPS) is 17.9. The molecule has 1 aliphatic rings. The zero-order valence-corrected chi connectivity index (χ0v) is 13.1. The largest absolute Gasteiger partial charge is 0.384 e. The Balaban J connectivity index is 2.14. The van der Waals surface area contributed by atoms with E-state index in [1.807, 2.05) is 7.11 Å². The number of benzene rings is 1. The summed E-state index contributed by atoms with van der Waals surface area (Å²) in [5.41, 5.74) is 2.95. The van der Waals surface area contributed by atoms with Crippen molar-refractivity contribution in [1.29, 1.82) is 0 Å². The van der Waals surface area contributed by atoms with E-state index in [2.05, 4.69) is 48.3 Å². The molecular weight excluding hydrogens is 248 g/mol. The number of rotatable bonds is 6. The topological polar surface area (TPSA) is 24.5 Å². The molecule has 0 amide bonds. The fourth-order valence-electron chi connectivity index (χ4n) is 3.23. The highest BCUT2D eigenvalue weighted by atomic mass is 16.5. The molecule has 0 aliphatic carbocycles. The van der Waals surface area contributed by atoms with Crippen molar-refractivity contribution in [3.8, 4) is 0 Å². The van der Waals surface area contributed by atoms with Crippen molar-refractivity contribution in [1.82, 2.24) is 5.32 Å². The molecule has 112 valence electrons. The molecule has 1 N–H and O–H groups in total. The molecule has 1 fully saturated rings. The summed E-state index contributed by atoms with van der Waals surface area (Å²) in [4.78, 5) is 2.50. The minimum absolute atomic E-state index is 0.291. The van der Waals surface area contributed by atoms with Crippen LogP contribution in [0, 0.1) is 12.3 Å². The molecule has 1 heterocycles. The van der Waals surface area contributed by atoms with Crippen molar-refractivity contribution in [3.63, 3.8) is 0 Å². The standard InChI is InChI=1S/C17H28N2O/c1-4-19(16-7-5-6-15(2)12-16)13-17(14-20-3)8-10-18-11-9-17/h5-7,12,18H,4,8-11,13-14H2,1-3H3. The summed E-state index contributed by atoms with van der Waals surface area (Å²) in [7, 11) is 1.83. The fraction of sp³-hybridized carbons (Fsp3) is 0.647. The first-order valence-electron chi connectivity index (χ1n) is 7.70. The van der Waals surface area contributed by atoms with E-state index >= 15 is 0 Å². The average molecular weight is 276 g/mol. The Labute approximate surface area is 123 Å². The van der Waals surface area contributed by atoms with Crippen molar-refractivity contribution in [2.24, 2.45) is 5.41 Å². The second kappa shape index (κ2) is 7.09. The summed E-state index contributed by atoms with van der Waals surface area (Å²) in [6.45, 7) is 9.60. The second-order valence-corrected chi connectivity index (χ2v) is 6.04. The van der Waals surface area contributed by atoms with Crippen LogP contribution in [0.2, 0.25) is 0 Å². The van der Waals surface area contributed by atoms with Crippen LogP contribution in [0.1, 0.15) is 25.3 Å². The maximum Gasteiger partial charge on any atom is 0.0536 e. The van der Waals surface area contributed by atoms with Crippen LogP contribution in [0.5, 0.6) is 0 Å². The molecule has 1 aliphatic heterocycles. The van der Waals surface area contributed by atoms with Crippen molar-refractivity contribution < 1.29 is 4.74 Å². The number of piperidine rings is 1. The number of aryl methyl sites for hydroxylation is 1. The molecule has 0 aromatic heterocycles. The summed E-state index contributed by atoms with van der Waals surface area (Å²) in [5, 5.41) is 3.46. The van der Waals surface area contributed by atoms with Gasteiger partial charge in [-0.2, -0.15) is 0 Å². The molecule has 20 heavy (non-hydrogen) atoms. The Morgan fingerprint density at radius 2 is 2.05 bits per heavy atom. The van der Waals surface area contributed by atoms with Gasteiger partial charge in [-0.1, -0.05) is 12.1 Å². The van der Waals surface area contributed by atoms with E-state index < -0.39 is 0 Å². The van der Waals surface area contributed by atoms with Gasteiger partial charge in [-0.3, -0.25) is 0 Å². The van der Waals surface area contributed by atoms with Crippen molar-refractivity contribution >= 4 is 5.69 Å². The van der Waals surface area contributed by atoms with Gasteiger partial charge in [-0.05, 0) is 57.5 Å². The molecule has 3 heteroatoms. The predicted molar refractivity (Wildman–Crippen MR) is 85.5 cm³/mol. The van der Waals surface area contributed by atoms with Crippen molar-refractivity contribution in [2.75, 3.05) is 44.8 Å². The molecule has 1 saturated heterocycles. The fourth-order valence-corrected chi connectivity index (χ4v) is 3.23. The lowest BCUT2D eigenvalue weighted by Gasteiger charge is -2.41. The van der Waals surface area contributed by atoms with E-state index in [4.69, 9.17) is 4.74 Å². The number of methoxy groups -OCH3 is 1. The Bertz CT molecular complexity index is 408. The van der Waals surface area contributed by atoms with Gasteiger partial charge in [-0.15, -0.1) is 0 Å². The summed E-state index contributed by atoms with van der Waals surface area (Å²) < 4.78 is 5.54. The maximum atomic E-state index is 5.54. The highest BCUT2D eigenvalue weighted by Gasteiger charge is 2.33. The lowest BCUT2D eigenvalue weighted by Crippen LogP contribution is -2.47. The molecule has 0 saturated carbocycles. The Morgan fingerprint density at radius 1 is 1.30 bits per heavy atom. The zero-order valence-electron chi connectivity index (χ0n) is 13.1. The number of nitrogens with zero attached hydrogens (tertiary/aromatic N) is 1. The molecule has 1 aromatic carbocycles. The lowest BCUT2D eigenvalue weighted by molar-refractivity contribution is 0.0589. The Hall–Kier alpha value is -1.06. The molecule has 0 atom stereocenters. The zero-order chi connectivity index (χ0) is 14.4. The van der Waals surface area contributed by atoms with Crippen LogP contribution < -0.4 is 10.2 Å². The van der Waals surface area contributed by atoms with E-state index in [-0.39, 0.29) is 0 Å². The van der Waals surface area contributed by atoms with Gasteiger partial charge in [0.1, 0.15) is 0 Å². The lowest BCUT2D eigenvalue weighted by atomic mass is 9.79. The number of hydrogen-bond donors (Lipinski definition) is 1. The first-order chi connectivity index (χ1) is 9.69. The van der Waals surface area contributed by atoms with Gasteiger partial charge in [0.05, 0.1) is 6.61 Å². The minimum Gasteiger partial charge on any atom is -0.384 e. The summed E-state index contributed by atoms with van der Waals surface area (Å²) in [6, 6.07) is 8.81. The van der Waals surface area contributed by atoms with Crippen LogP contribution in [0.15, 0.2) is 24.3 Å². The quantitative estimate of drug-likeness (QED) is 0.864. The predicted octanol–water partition coefficient (Wildman–Crippen LogP) is 2.84. The van der Waals surface area contributed by atoms with Crippen LogP contribution >= 0.6 is 0 Å². The van der Waals surface area contributed by atoms with Crippen LogP contribution in [-0.2, 0) is 4.74 Å². The Morgan fingerprint density at radius 3 is 2.65 bits per heavy atom. The van der Waals surface area contributed by atoms with E-state index in [9.17, 15) is 0 Å². The SMILES string of the molecule is CCN(CC1(COC)CCNCC1)c1cccc(C)c1. The average Bonchev–Trinajstić information content (AvgIpc) is 2.46. The van der Waals surface area contributed by atoms with Crippen LogP contribution in [0.3, 0.4) is 0 Å². The third-order valence-corrected chi connectivity index (χ3v) is 4.39. The van der Waals surface area contributed by atoms with Gasteiger partial charge in [0.2, 0.25) is 0 Å². The number of hydrogen-bond acceptors (Lipinski definition) is 3. The second-order valence-electron chi connectivity index (χ2n) is 6.04. The van der Waals surface area contributed by atoms with Crippen molar-refractivity contribution in [3.05, 3.63) is 29.8 Å². The van der Waals surface area contributed by atoms with Gasteiger partial charge >= 0.3 is 0 Å². The first-order valence-corrected chi connectivity index (χ1v) is 7.70. The first kappa shape index (κ1) is 15.3. The highest BCUT2D eigenvalue weighted by molar-refractivity contribution is 5.48. The van der Waals surface area contributed by atoms with Crippen LogP contribution in [-0.4, -0.2) is 39.9 Å². The summed E-state index contributed by atoms with van der Waals surface area (Å²) in [5.74, 6) is 0. The van der Waals surface area contributed by atoms with E-state index in [0.29, 0.717) is 5.41 Å². The number of anilines is 1. The molecule has 2 rings (SSSR count). The monoisotopic (exact) mass is 276 g/mol. The van der Waals surface area contributed by atoms with E-state index in [1.165, 1.54) is 24.1 Å². The highest BCUT2D eigenvalue weighted by Crippen LogP contribution is 2.32. The molecule has 0 spiro atoms. The summed E-state index contributed by atoms with van der Waals surface area (Å²) in [6.07, 6.45) is 2.40. The minimum atomic E-state index is 0.291. The van der Waals surface area contributed by atoms with Crippen LogP contribution in [0.4, 0.5) is 5.69 Å². The number of nitrogens with one attached hydrogen (secondary N) is 1. The third kappa shape index (κ3) is 3.74. The Kier molecular flexibility index (Phi) is 5.44. The number of ether oxygens (including phenoxy) is 1. The maximum absolute atomic E-state index is 5.54. The third-order valence-electron chi connectivity index (χ3n) is 4.39. The van der Waals surface area contributed by atoms with Gasteiger partial charge in [0.25, 0.3) is 0 Å². The van der Waals surface area contributed by atoms with E-state index in [1.54, 1.807) is 0 Å². The van der Waals surface area contributed by atoms with E-state index in [0.717, 1.165) is 32.8 Å². The van der Waals surface area contributed by atoms with Gasteiger partial charge in [0.15, 0.2) is 0 Å². The molecule has 1 aromatic rings. The summed E-state index contributed by atoms with van der Waals surface area (Å²) >= 11 is 0. The molecule has 0 radical (unpaired) electrons. The molecule has 0 bridgehead atoms.